The monoisotopic (exact) mass is 870 g/mol. The molecule has 330 valence electrons. The van der Waals surface area contributed by atoms with Crippen molar-refractivity contribution in [1.29, 1.82) is 5.26 Å². The fourth-order valence-corrected chi connectivity index (χ4v) is 9.96. The van der Waals surface area contributed by atoms with E-state index in [0.717, 1.165) is 91.7 Å². The number of carbonyl (C=O) groups excluding carboxylic acids is 6. The maximum atomic E-state index is 12.8. The Morgan fingerprint density at radius 2 is 1.66 bits per heavy atom. The number of carbonyl (C=O) groups is 1. The van der Waals surface area contributed by atoms with Crippen molar-refractivity contribution in [3.63, 3.8) is 0 Å². The van der Waals surface area contributed by atoms with Crippen LogP contribution in [0.3, 0.4) is 0 Å². The first-order valence-electron chi connectivity index (χ1n) is 22.3. The van der Waals surface area contributed by atoms with Crippen LogP contribution in [0.2, 0.25) is 0 Å². The molecule has 14 heteroatoms. The van der Waals surface area contributed by atoms with Crippen LogP contribution in [-0.4, -0.2) is 95.9 Å². The number of H-pyrrole nitrogens is 1. The molecule has 8 rings (SSSR count). The molecule has 0 bridgehead atoms. The van der Waals surface area contributed by atoms with Gasteiger partial charge in [-0.15, -0.1) is 0 Å². The van der Waals surface area contributed by atoms with Crippen molar-refractivity contribution < 1.29 is 28.8 Å². The molecule has 2 saturated heterocycles. The van der Waals surface area contributed by atoms with Crippen LogP contribution in [-0.2, 0) is 40.6 Å². The van der Waals surface area contributed by atoms with E-state index in [9.17, 15) is 34.0 Å². The number of hydrogen-bond donors (Lipinski definition) is 4. The summed E-state index contributed by atoms with van der Waals surface area (Å²) < 4.78 is 1.44. The van der Waals surface area contributed by atoms with Gasteiger partial charge in [-0.05, 0) is 85.7 Å². The summed E-state index contributed by atoms with van der Waals surface area (Å²) >= 11 is 0. The second kappa shape index (κ2) is 18.7. The van der Waals surface area contributed by atoms with E-state index in [0.29, 0.717) is 47.1 Å². The second-order valence-electron chi connectivity index (χ2n) is 17.4. The minimum Gasteiger partial charge on any atom is -0.384 e. The molecule has 1 unspecified atom stereocenters. The standard InChI is InChI=1S/C51H50N8O6/c1-4-33-24-37-38(28-61)48-35-14-12-32(26-52)23-41(35)56-50(48)51(2,3)39(37)25-44(33)58-21-19-57(20-22-58)18-8-11-47(65)54-17-6-5-16-53-40-10-7-9-36-45(30-63)59(46(31-64)49(36)40)43-15-13-34(27-60)55-42(43)29-62/h7,9-10,12,14,23-25,43,53,55-56H,4-6,8,11,13,15-22H2,1-3H3,(H,54,65). The van der Waals surface area contributed by atoms with Crippen molar-refractivity contribution in [2.45, 2.75) is 77.2 Å². The topological polar surface area (TPSA) is 189 Å². The molecule has 3 aliphatic rings. The number of aryl methyl sites for hydroxylation is 1. The summed E-state index contributed by atoms with van der Waals surface area (Å²) in [6, 6.07) is 16.8. The summed E-state index contributed by atoms with van der Waals surface area (Å²) in [6.45, 7) is 11.8. The minimum absolute atomic E-state index is 0.0137. The van der Waals surface area contributed by atoms with Gasteiger partial charge in [0.15, 0.2) is 11.9 Å². The number of nitrogens with one attached hydrogen (secondary N) is 4. The third kappa shape index (κ3) is 8.17. The molecule has 3 aromatic carbocycles. The predicted octanol–water partition coefficient (Wildman–Crippen LogP) is 3.73. The third-order valence-electron chi connectivity index (χ3n) is 13.3. The minimum atomic E-state index is -0.738. The Hall–Kier alpha value is -7.43. The van der Waals surface area contributed by atoms with Crippen LogP contribution in [0.4, 0.5) is 11.4 Å². The average Bonchev–Trinajstić information content (AvgIpc) is 3.88. The Balaban J connectivity index is 0.813. The molecule has 5 aromatic rings. The molecule has 2 fully saturated rings. The van der Waals surface area contributed by atoms with Gasteiger partial charge in [0.1, 0.15) is 39.9 Å². The van der Waals surface area contributed by atoms with Crippen molar-refractivity contribution in [2.75, 3.05) is 56.0 Å². The average molecular weight is 871 g/mol. The van der Waals surface area contributed by atoms with Gasteiger partial charge in [-0.25, -0.2) is 24.0 Å². The first-order valence-corrected chi connectivity index (χ1v) is 22.3. The van der Waals surface area contributed by atoms with Crippen LogP contribution in [0.1, 0.15) is 98.8 Å². The Kier molecular flexibility index (Phi) is 12.7. The fraction of sp³-hybridized carbons (Fsp3) is 0.373. The zero-order valence-corrected chi connectivity index (χ0v) is 36.8. The quantitative estimate of drug-likeness (QED) is 0.0998. The number of hydrogen-bond acceptors (Lipinski definition) is 11. The lowest BCUT2D eigenvalue weighted by atomic mass is 9.69. The maximum Gasteiger partial charge on any atom is 0.220 e. The van der Waals surface area contributed by atoms with Gasteiger partial charge in [0.2, 0.25) is 5.91 Å². The smallest absolute Gasteiger partial charge is 0.220 e. The molecule has 0 saturated carbocycles. The number of rotatable bonds is 13. The number of piperidine rings is 1. The molecule has 4 heterocycles. The Morgan fingerprint density at radius 1 is 0.877 bits per heavy atom. The molecule has 1 atom stereocenters. The number of nitriles is 1. The zero-order chi connectivity index (χ0) is 45.8. The Morgan fingerprint density at radius 3 is 2.37 bits per heavy atom. The van der Waals surface area contributed by atoms with Crippen molar-refractivity contribution in [3.8, 4) is 6.07 Å². The summed E-state index contributed by atoms with van der Waals surface area (Å²) in [5.41, 5.74) is 8.54. The van der Waals surface area contributed by atoms with Crippen LogP contribution in [0.15, 0.2) is 59.9 Å². The fourth-order valence-electron chi connectivity index (χ4n) is 9.96. The van der Waals surface area contributed by atoms with Gasteiger partial charge in [0.25, 0.3) is 0 Å². The molecule has 2 aliphatic heterocycles. The SMILES string of the molecule is CCc1cc2c(cc1N1CCN(CCCC(=O)NCCCCNc3cccc4c(=C=O)n(C5CCC(=C=O)NC5=C=O)c(=C=O)c34)CC1)C(C)(C)c1[nH]c3cc(C#N)ccc3c1C2=C=O. The van der Waals surface area contributed by atoms with Gasteiger partial charge < -0.3 is 30.4 Å². The number of benzene rings is 3. The van der Waals surface area contributed by atoms with Crippen LogP contribution in [0, 0.1) is 11.3 Å². The highest BCUT2D eigenvalue weighted by Gasteiger charge is 2.39. The lowest BCUT2D eigenvalue weighted by molar-refractivity contribution is -0.121. The lowest BCUT2D eigenvalue weighted by Crippen LogP contribution is -2.47. The van der Waals surface area contributed by atoms with Crippen LogP contribution < -0.4 is 31.5 Å². The van der Waals surface area contributed by atoms with Crippen molar-refractivity contribution in [3.05, 3.63) is 104 Å². The van der Waals surface area contributed by atoms with E-state index in [1.807, 2.05) is 24.0 Å². The number of nitrogens with zero attached hydrogens (tertiary/aromatic N) is 4. The second-order valence-corrected chi connectivity index (χ2v) is 17.4. The summed E-state index contributed by atoms with van der Waals surface area (Å²) in [5.74, 6) is 9.78. The molecule has 1 aliphatic carbocycles. The van der Waals surface area contributed by atoms with E-state index < -0.39 is 11.5 Å². The number of fused-ring (bicyclic) bond motifs is 5. The van der Waals surface area contributed by atoms with E-state index in [-0.39, 0.29) is 40.8 Å². The number of aromatic nitrogens is 2. The van der Waals surface area contributed by atoms with Gasteiger partial charge >= 0.3 is 0 Å². The van der Waals surface area contributed by atoms with Crippen molar-refractivity contribution in [2.24, 2.45) is 0 Å². The van der Waals surface area contributed by atoms with Crippen LogP contribution in [0.5, 0.6) is 0 Å². The third-order valence-corrected chi connectivity index (χ3v) is 13.3. The Bertz CT molecular complexity index is 3120. The summed E-state index contributed by atoms with van der Waals surface area (Å²) in [4.78, 5) is 81.5. The van der Waals surface area contributed by atoms with Gasteiger partial charge in [-0.2, -0.15) is 5.26 Å². The van der Waals surface area contributed by atoms with Gasteiger partial charge in [-0.1, -0.05) is 39.0 Å². The number of anilines is 2. The van der Waals surface area contributed by atoms with E-state index in [1.54, 1.807) is 36.1 Å². The molecule has 1 amide bonds. The predicted molar refractivity (Wildman–Crippen MR) is 248 cm³/mol. The van der Waals surface area contributed by atoms with Crippen LogP contribution in [0.25, 0.3) is 27.2 Å². The first kappa shape index (κ1) is 44.2. The first-order chi connectivity index (χ1) is 31.6. The van der Waals surface area contributed by atoms with E-state index in [2.05, 4.69) is 75.6 Å². The van der Waals surface area contributed by atoms with E-state index in [1.165, 1.54) is 15.8 Å². The van der Waals surface area contributed by atoms with E-state index in [4.69, 9.17) is 0 Å². The molecule has 4 N–H and O–H groups in total. The lowest BCUT2D eigenvalue weighted by Gasteiger charge is -2.39. The normalized spacial score (nSPS) is 16.6. The number of piperazine rings is 1. The summed E-state index contributed by atoms with van der Waals surface area (Å²) in [5, 5.41) is 20.7. The molecule has 65 heavy (non-hydrogen) atoms. The number of unbranched alkanes of at least 4 members (excludes halogenated alkanes) is 1. The summed E-state index contributed by atoms with van der Waals surface area (Å²) in [6.07, 6.45) is 4.00. The van der Waals surface area contributed by atoms with E-state index >= 15 is 0 Å². The van der Waals surface area contributed by atoms with Gasteiger partial charge in [0, 0.05) is 102 Å². The maximum absolute atomic E-state index is 12.8. The molecular formula is C51H50N8O6. The highest BCUT2D eigenvalue weighted by Crippen LogP contribution is 2.49. The highest BCUT2D eigenvalue weighted by molar-refractivity contribution is 6.10. The largest absolute Gasteiger partial charge is 0.384 e. The zero-order valence-electron chi connectivity index (χ0n) is 36.8. The summed E-state index contributed by atoms with van der Waals surface area (Å²) in [7, 11) is 0. The van der Waals surface area contributed by atoms with Gasteiger partial charge in [-0.3, -0.25) is 9.69 Å². The highest BCUT2D eigenvalue weighted by atomic mass is 16.1. The van der Waals surface area contributed by atoms with Gasteiger partial charge in [0.05, 0.1) is 23.2 Å². The van der Waals surface area contributed by atoms with Crippen molar-refractivity contribution in [1.82, 2.24) is 25.1 Å². The molecule has 14 nitrogen and oxygen atoms in total. The molecule has 2 aromatic heterocycles. The van der Waals surface area contributed by atoms with Crippen LogP contribution >= 0.6 is 0 Å². The number of aromatic amines is 1. The molecule has 0 spiro atoms. The molecule has 0 radical (unpaired) electrons. The Labute approximate surface area is 375 Å². The molecular weight excluding hydrogens is 821 g/mol. The van der Waals surface area contributed by atoms with Crippen molar-refractivity contribution >= 4 is 74.2 Å². The number of allylic oxidation sites excluding steroid dienone is 2. The number of amides is 1.